The molecule has 0 saturated carbocycles. The Kier molecular flexibility index (Phi) is 5.80. The SMILES string of the molecule is CCN(C)C(=O)[C@@H]1CC[C@@H](CNC(=O)OC(C)(C)C)O1. The normalized spacial score (nSPS) is 22.4. The van der Waals surface area contributed by atoms with Crippen molar-refractivity contribution in [1.29, 1.82) is 0 Å². The zero-order valence-corrected chi connectivity index (χ0v) is 13.1. The highest BCUT2D eigenvalue weighted by molar-refractivity contribution is 5.80. The van der Waals surface area contributed by atoms with E-state index in [0.29, 0.717) is 19.5 Å². The number of rotatable bonds is 4. The molecule has 1 aliphatic heterocycles. The molecule has 1 aliphatic rings. The molecular formula is C14H26N2O4. The van der Waals surface area contributed by atoms with Crippen molar-refractivity contribution in [3.05, 3.63) is 0 Å². The van der Waals surface area contributed by atoms with Crippen LogP contribution in [0.2, 0.25) is 0 Å². The molecule has 1 heterocycles. The molecule has 1 rings (SSSR count). The molecule has 6 heteroatoms. The molecule has 0 spiro atoms. The fraction of sp³-hybridized carbons (Fsp3) is 0.857. The van der Waals surface area contributed by atoms with E-state index < -0.39 is 11.7 Å². The number of alkyl carbamates (subject to hydrolysis) is 1. The van der Waals surface area contributed by atoms with Gasteiger partial charge < -0.3 is 19.7 Å². The van der Waals surface area contributed by atoms with Crippen molar-refractivity contribution >= 4 is 12.0 Å². The van der Waals surface area contributed by atoms with Crippen LogP contribution in [0, 0.1) is 0 Å². The maximum atomic E-state index is 11.9. The molecule has 1 saturated heterocycles. The second-order valence-electron chi connectivity index (χ2n) is 6.06. The van der Waals surface area contributed by atoms with Crippen molar-refractivity contribution in [3.63, 3.8) is 0 Å². The van der Waals surface area contributed by atoms with Gasteiger partial charge in [-0.3, -0.25) is 4.79 Å². The quantitative estimate of drug-likeness (QED) is 0.851. The van der Waals surface area contributed by atoms with Crippen LogP contribution >= 0.6 is 0 Å². The van der Waals surface area contributed by atoms with Gasteiger partial charge in [-0.05, 0) is 40.5 Å². The Hall–Kier alpha value is -1.30. The Morgan fingerprint density at radius 3 is 2.55 bits per heavy atom. The maximum absolute atomic E-state index is 11.9. The lowest BCUT2D eigenvalue weighted by molar-refractivity contribution is -0.141. The van der Waals surface area contributed by atoms with E-state index in [0.717, 1.165) is 6.42 Å². The predicted molar refractivity (Wildman–Crippen MR) is 75.4 cm³/mol. The van der Waals surface area contributed by atoms with E-state index in [1.165, 1.54) is 0 Å². The van der Waals surface area contributed by atoms with Crippen molar-refractivity contribution in [2.24, 2.45) is 0 Å². The molecule has 0 radical (unpaired) electrons. The van der Waals surface area contributed by atoms with E-state index in [1.807, 2.05) is 27.7 Å². The fourth-order valence-corrected chi connectivity index (χ4v) is 1.95. The van der Waals surface area contributed by atoms with Crippen LogP contribution in [0.15, 0.2) is 0 Å². The first-order chi connectivity index (χ1) is 9.23. The van der Waals surface area contributed by atoms with Gasteiger partial charge in [0.15, 0.2) is 0 Å². The van der Waals surface area contributed by atoms with Crippen molar-refractivity contribution in [2.75, 3.05) is 20.1 Å². The van der Waals surface area contributed by atoms with Crippen molar-refractivity contribution < 1.29 is 19.1 Å². The number of carbonyl (C=O) groups is 2. The van der Waals surface area contributed by atoms with Gasteiger partial charge in [0.25, 0.3) is 5.91 Å². The monoisotopic (exact) mass is 286 g/mol. The van der Waals surface area contributed by atoms with Crippen LogP contribution in [0.5, 0.6) is 0 Å². The van der Waals surface area contributed by atoms with Crippen molar-refractivity contribution in [3.8, 4) is 0 Å². The van der Waals surface area contributed by atoms with Crippen LogP contribution in [0.3, 0.4) is 0 Å². The first-order valence-corrected chi connectivity index (χ1v) is 7.10. The highest BCUT2D eigenvalue weighted by Crippen LogP contribution is 2.20. The molecule has 6 nitrogen and oxygen atoms in total. The van der Waals surface area contributed by atoms with Crippen LogP contribution in [0.1, 0.15) is 40.5 Å². The Bertz CT molecular complexity index is 352. The lowest BCUT2D eigenvalue weighted by Crippen LogP contribution is -2.39. The molecule has 2 atom stereocenters. The Morgan fingerprint density at radius 1 is 1.35 bits per heavy atom. The number of ether oxygens (including phenoxy) is 2. The minimum absolute atomic E-state index is 0.00673. The molecule has 0 aromatic heterocycles. The van der Waals surface area contributed by atoms with Gasteiger partial charge in [0.1, 0.15) is 11.7 Å². The molecule has 0 aromatic rings. The Morgan fingerprint density at radius 2 is 2.00 bits per heavy atom. The topological polar surface area (TPSA) is 67.9 Å². The van der Waals surface area contributed by atoms with Gasteiger partial charge in [0.2, 0.25) is 0 Å². The lowest BCUT2D eigenvalue weighted by atomic mass is 10.2. The summed E-state index contributed by atoms with van der Waals surface area (Å²) in [5, 5.41) is 2.67. The summed E-state index contributed by atoms with van der Waals surface area (Å²) in [6.07, 6.45) is 0.502. The van der Waals surface area contributed by atoms with Crippen molar-refractivity contribution in [1.82, 2.24) is 10.2 Å². The maximum Gasteiger partial charge on any atom is 0.407 e. The van der Waals surface area contributed by atoms with Gasteiger partial charge in [-0.25, -0.2) is 4.79 Å². The summed E-state index contributed by atoms with van der Waals surface area (Å²) in [6.45, 7) is 8.40. The standard InChI is InChI=1S/C14H26N2O4/c1-6-16(5)12(17)11-8-7-10(19-11)9-15-13(18)20-14(2,3)4/h10-11H,6-9H2,1-5H3,(H,15,18)/t10-,11-/m0/s1. The molecule has 116 valence electrons. The summed E-state index contributed by atoms with van der Waals surface area (Å²) >= 11 is 0. The van der Waals surface area contributed by atoms with E-state index in [4.69, 9.17) is 9.47 Å². The van der Waals surface area contributed by atoms with Gasteiger partial charge in [-0.1, -0.05) is 0 Å². The second-order valence-corrected chi connectivity index (χ2v) is 6.06. The summed E-state index contributed by atoms with van der Waals surface area (Å²) in [6, 6.07) is 0. The highest BCUT2D eigenvalue weighted by atomic mass is 16.6. The van der Waals surface area contributed by atoms with Crippen LogP contribution in [-0.2, 0) is 14.3 Å². The minimum Gasteiger partial charge on any atom is -0.444 e. The van der Waals surface area contributed by atoms with Crippen molar-refractivity contribution in [2.45, 2.75) is 58.3 Å². The Balaban J connectivity index is 2.31. The van der Waals surface area contributed by atoms with Gasteiger partial charge in [-0.15, -0.1) is 0 Å². The summed E-state index contributed by atoms with van der Waals surface area (Å²) in [4.78, 5) is 25.1. The highest BCUT2D eigenvalue weighted by Gasteiger charge is 2.32. The summed E-state index contributed by atoms with van der Waals surface area (Å²) < 4.78 is 10.8. The van der Waals surface area contributed by atoms with E-state index in [1.54, 1.807) is 11.9 Å². The Labute approximate surface area is 120 Å². The number of carbonyl (C=O) groups excluding carboxylic acids is 2. The van der Waals surface area contributed by atoms with E-state index in [9.17, 15) is 9.59 Å². The average molecular weight is 286 g/mol. The van der Waals surface area contributed by atoms with Gasteiger partial charge in [0.05, 0.1) is 6.10 Å². The number of likely N-dealkylation sites (N-methyl/N-ethyl adjacent to an activating group) is 1. The first kappa shape index (κ1) is 16.8. The first-order valence-electron chi connectivity index (χ1n) is 7.10. The molecule has 1 N–H and O–H groups in total. The van der Waals surface area contributed by atoms with Gasteiger partial charge in [-0.2, -0.15) is 0 Å². The molecule has 2 amide bonds. The number of hydrogen-bond donors (Lipinski definition) is 1. The van der Waals surface area contributed by atoms with Gasteiger partial charge in [0, 0.05) is 20.1 Å². The number of hydrogen-bond acceptors (Lipinski definition) is 4. The predicted octanol–water partition coefficient (Wildman–Crippen LogP) is 1.54. The number of nitrogens with one attached hydrogen (secondary N) is 1. The molecule has 0 unspecified atom stereocenters. The van der Waals surface area contributed by atoms with Crippen LogP contribution in [-0.4, -0.2) is 54.8 Å². The second kappa shape index (κ2) is 6.92. The summed E-state index contributed by atoms with van der Waals surface area (Å²) in [5.41, 5.74) is -0.511. The molecule has 0 bridgehead atoms. The zero-order valence-electron chi connectivity index (χ0n) is 13.1. The van der Waals surface area contributed by atoms with E-state index in [-0.39, 0.29) is 18.1 Å². The van der Waals surface area contributed by atoms with E-state index in [2.05, 4.69) is 5.32 Å². The third-order valence-electron chi connectivity index (χ3n) is 3.11. The molecule has 1 fully saturated rings. The summed E-state index contributed by atoms with van der Waals surface area (Å²) in [7, 11) is 1.76. The minimum atomic E-state index is -0.511. The zero-order chi connectivity index (χ0) is 15.3. The summed E-state index contributed by atoms with van der Waals surface area (Å²) in [5.74, 6) is 0.00673. The largest absolute Gasteiger partial charge is 0.444 e. The smallest absolute Gasteiger partial charge is 0.407 e. The number of nitrogens with zero attached hydrogens (tertiary/aromatic N) is 1. The molecular weight excluding hydrogens is 260 g/mol. The fourth-order valence-electron chi connectivity index (χ4n) is 1.95. The number of amides is 2. The average Bonchev–Trinajstić information content (AvgIpc) is 2.81. The van der Waals surface area contributed by atoms with Crippen LogP contribution in [0.4, 0.5) is 4.79 Å². The lowest BCUT2D eigenvalue weighted by Gasteiger charge is -2.21. The van der Waals surface area contributed by atoms with E-state index >= 15 is 0 Å². The van der Waals surface area contributed by atoms with Gasteiger partial charge >= 0.3 is 6.09 Å². The molecule has 0 aromatic carbocycles. The molecule has 20 heavy (non-hydrogen) atoms. The van der Waals surface area contributed by atoms with Crippen LogP contribution < -0.4 is 5.32 Å². The van der Waals surface area contributed by atoms with Crippen LogP contribution in [0.25, 0.3) is 0 Å². The molecule has 0 aliphatic carbocycles. The third-order valence-corrected chi connectivity index (χ3v) is 3.11. The third kappa shape index (κ3) is 5.36.